The van der Waals surface area contributed by atoms with E-state index in [4.69, 9.17) is 0 Å². The molecule has 2 aromatic rings. The average molecular weight is 430 g/mol. The lowest BCUT2D eigenvalue weighted by Crippen LogP contribution is -2.46. The number of anilines is 1. The van der Waals surface area contributed by atoms with Gasteiger partial charge in [0.25, 0.3) is 5.69 Å². The van der Waals surface area contributed by atoms with Crippen LogP contribution in [0.15, 0.2) is 36.7 Å². The first-order valence-electron chi connectivity index (χ1n) is 10.9. The molecule has 3 rings (SSSR count). The number of aliphatic hydroxyl groups is 2. The van der Waals surface area contributed by atoms with Crippen molar-refractivity contribution >= 4 is 11.4 Å². The molecule has 2 atom stereocenters. The number of nitrogens with zero attached hydrogens (tertiary/aromatic N) is 4. The Balaban J connectivity index is 1.41. The maximum absolute atomic E-state index is 11.5. The molecular formula is C22H31N5O4. The van der Waals surface area contributed by atoms with Gasteiger partial charge in [-0.2, -0.15) is 0 Å². The second kappa shape index (κ2) is 11.7. The number of hydrogen-bond donors (Lipinski definition) is 3. The molecule has 1 saturated heterocycles. The summed E-state index contributed by atoms with van der Waals surface area (Å²) in [6.07, 6.45) is 8.39. The van der Waals surface area contributed by atoms with E-state index in [1.807, 2.05) is 0 Å². The Labute approximate surface area is 182 Å². The lowest BCUT2D eigenvalue weighted by molar-refractivity contribution is -0.383. The van der Waals surface area contributed by atoms with Crippen molar-refractivity contribution in [2.45, 2.75) is 50.7 Å². The molecule has 2 heterocycles. The van der Waals surface area contributed by atoms with Gasteiger partial charge in [-0.25, -0.2) is 9.97 Å². The van der Waals surface area contributed by atoms with E-state index >= 15 is 0 Å². The molecule has 9 heteroatoms. The zero-order valence-electron chi connectivity index (χ0n) is 17.7. The van der Waals surface area contributed by atoms with E-state index in [-0.39, 0.29) is 29.4 Å². The first-order chi connectivity index (χ1) is 15.1. The van der Waals surface area contributed by atoms with E-state index in [1.165, 1.54) is 6.07 Å². The molecule has 1 aliphatic heterocycles. The molecule has 0 unspecified atom stereocenters. The van der Waals surface area contributed by atoms with E-state index in [9.17, 15) is 20.3 Å². The first kappa shape index (κ1) is 23.1. The third kappa shape index (κ3) is 6.68. The molecule has 31 heavy (non-hydrogen) atoms. The summed E-state index contributed by atoms with van der Waals surface area (Å²) in [5, 5.41) is 33.9. The normalized spacial score (nSPS) is 19.3. The van der Waals surface area contributed by atoms with Gasteiger partial charge < -0.3 is 15.5 Å². The van der Waals surface area contributed by atoms with E-state index in [2.05, 4.69) is 20.2 Å². The van der Waals surface area contributed by atoms with Gasteiger partial charge in [0.2, 0.25) is 0 Å². The molecule has 0 aliphatic carbocycles. The number of aliphatic hydroxyl groups excluding tert-OH is 2. The van der Waals surface area contributed by atoms with Crippen molar-refractivity contribution < 1.29 is 15.1 Å². The number of nitro groups is 1. The van der Waals surface area contributed by atoms with Crippen LogP contribution in [-0.2, 0) is 0 Å². The lowest BCUT2D eigenvalue weighted by atomic mass is 9.99. The molecule has 0 spiro atoms. The molecule has 0 saturated carbocycles. The number of benzene rings is 1. The van der Waals surface area contributed by atoms with E-state index in [0.717, 1.165) is 45.2 Å². The van der Waals surface area contributed by atoms with E-state index < -0.39 is 0 Å². The van der Waals surface area contributed by atoms with Crippen LogP contribution < -0.4 is 5.32 Å². The first-order valence-corrected chi connectivity index (χ1v) is 10.9. The summed E-state index contributed by atoms with van der Waals surface area (Å²) < 4.78 is 0. The number of unbranched alkanes of at least 4 members (excludes halogenated alkanes) is 3. The van der Waals surface area contributed by atoms with Crippen LogP contribution in [0.25, 0.3) is 11.4 Å². The molecular weight excluding hydrogens is 398 g/mol. The quantitative estimate of drug-likeness (QED) is 0.283. The van der Waals surface area contributed by atoms with Gasteiger partial charge in [-0.05, 0) is 50.4 Å². The molecule has 168 valence electrons. The molecule has 3 N–H and O–H groups in total. The van der Waals surface area contributed by atoms with Gasteiger partial charge in [0, 0.05) is 43.2 Å². The number of nitro benzene ring substituents is 1. The fraction of sp³-hybridized carbons (Fsp3) is 0.545. The SMILES string of the molecule is O=[N+]([O-])c1cc(-c2ncccn2)ccc1NCCCCCCN1CC[C@@H](O)C[C@H]1CO. The molecule has 0 radical (unpaired) electrons. The van der Waals surface area contributed by atoms with Crippen LogP contribution in [0.4, 0.5) is 11.4 Å². The zero-order chi connectivity index (χ0) is 22.1. The fourth-order valence-electron chi connectivity index (χ4n) is 4.00. The van der Waals surface area contributed by atoms with Crippen LogP contribution >= 0.6 is 0 Å². The van der Waals surface area contributed by atoms with Gasteiger partial charge in [0.05, 0.1) is 17.6 Å². The summed E-state index contributed by atoms with van der Waals surface area (Å²) in [4.78, 5) is 21.7. The Hall–Kier alpha value is -2.62. The maximum atomic E-state index is 11.5. The second-order valence-corrected chi connectivity index (χ2v) is 7.95. The van der Waals surface area contributed by atoms with Crippen LogP contribution in [0.3, 0.4) is 0 Å². The second-order valence-electron chi connectivity index (χ2n) is 7.95. The lowest BCUT2D eigenvalue weighted by Gasteiger charge is -2.36. The number of likely N-dealkylation sites (tertiary alicyclic amines) is 1. The molecule has 1 aliphatic rings. The summed E-state index contributed by atoms with van der Waals surface area (Å²) in [5.41, 5.74) is 1.14. The highest BCUT2D eigenvalue weighted by molar-refractivity contribution is 5.70. The predicted molar refractivity (Wildman–Crippen MR) is 119 cm³/mol. The van der Waals surface area contributed by atoms with Gasteiger partial charge >= 0.3 is 0 Å². The van der Waals surface area contributed by atoms with Crippen molar-refractivity contribution in [2.24, 2.45) is 0 Å². The predicted octanol–water partition coefficient (Wildman–Crippen LogP) is 2.84. The highest BCUT2D eigenvalue weighted by Crippen LogP contribution is 2.29. The summed E-state index contributed by atoms with van der Waals surface area (Å²) in [7, 11) is 0. The smallest absolute Gasteiger partial charge is 0.293 e. The van der Waals surface area contributed by atoms with Gasteiger partial charge in [-0.3, -0.25) is 15.0 Å². The van der Waals surface area contributed by atoms with Gasteiger partial charge in [-0.1, -0.05) is 12.8 Å². The Morgan fingerprint density at radius 3 is 2.71 bits per heavy atom. The van der Waals surface area contributed by atoms with Crippen molar-refractivity contribution in [3.05, 3.63) is 46.8 Å². The highest BCUT2D eigenvalue weighted by atomic mass is 16.6. The van der Waals surface area contributed by atoms with Crippen molar-refractivity contribution in [1.29, 1.82) is 0 Å². The molecule has 0 bridgehead atoms. The van der Waals surface area contributed by atoms with Crippen molar-refractivity contribution in [3.63, 3.8) is 0 Å². The number of nitrogens with one attached hydrogen (secondary N) is 1. The third-order valence-electron chi connectivity index (χ3n) is 5.73. The molecule has 1 fully saturated rings. The van der Waals surface area contributed by atoms with Crippen LogP contribution in [0.5, 0.6) is 0 Å². The number of aromatic nitrogens is 2. The van der Waals surface area contributed by atoms with Gasteiger partial charge in [-0.15, -0.1) is 0 Å². The van der Waals surface area contributed by atoms with Crippen LogP contribution in [0.2, 0.25) is 0 Å². The minimum absolute atomic E-state index is 0.0206. The molecule has 1 aromatic heterocycles. The Kier molecular flexibility index (Phi) is 8.69. The molecule has 0 amide bonds. The van der Waals surface area contributed by atoms with E-state index in [0.29, 0.717) is 30.0 Å². The van der Waals surface area contributed by atoms with Crippen LogP contribution in [0, 0.1) is 10.1 Å². The summed E-state index contributed by atoms with van der Waals surface area (Å²) in [5.74, 6) is 0.462. The minimum Gasteiger partial charge on any atom is -0.395 e. The Morgan fingerprint density at radius 1 is 1.19 bits per heavy atom. The standard InChI is InChI=1S/C22H31N5O4/c28-16-18-15-19(29)8-13-26(18)12-4-2-1-3-9-23-20-7-6-17(14-21(20)27(30)31)22-24-10-5-11-25-22/h5-7,10-11,14,18-19,23,28-29H,1-4,8-9,12-13,15-16H2/t18-,19+/m0/s1. The number of piperidine rings is 1. The summed E-state index contributed by atoms with van der Waals surface area (Å²) in [6.45, 7) is 2.52. The highest BCUT2D eigenvalue weighted by Gasteiger charge is 2.26. The Bertz CT molecular complexity index is 836. The Morgan fingerprint density at radius 2 is 1.97 bits per heavy atom. The maximum Gasteiger partial charge on any atom is 0.293 e. The zero-order valence-corrected chi connectivity index (χ0v) is 17.7. The van der Waals surface area contributed by atoms with Crippen molar-refractivity contribution in [2.75, 3.05) is 31.6 Å². The summed E-state index contributed by atoms with van der Waals surface area (Å²) in [6, 6.07) is 6.78. The monoisotopic (exact) mass is 429 g/mol. The topological polar surface area (TPSA) is 125 Å². The average Bonchev–Trinajstić information content (AvgIpc) is 2.79. The van der Waals surface area contributed by atoms with Crippen LogP contribution in [-0.4, -0.2) is 68.4 Å². The van der Waals surface area contributed by atoms with Crippen molar-refractivity contribution in [1.82, 2.24) is 14.9 Å². The van der Waals surface area contributed by atoms with Gasteiger partial charge in [0.15, 0.2) is 5.82 Å². The van der Waals surface area contributed by atoms with E-state index in [1.54, 1.807) is 30.6 Å². The third-order valence-corrected chi connectivity index (χ3v) is 5.73. The van der Waals surface area contributed by atoms with Gasteiger partial charge in [0.1, 0.15) is 5.69 Å². The fourth-order valence-corrected chi connectivity index (χ4v) is 4.00. The minimum atomic E-state index is -0.387. The van der Waals surface area contributed by atoms with Crippen molar-refractivity contribution in [3.8, 4) is 11.4 Å². The largest absolute Gasteiger partial charge is 0.395 e. The molecule has 1 aromatic carbocycles. The van der Waals surface area contributed by atoms with Crippen LogP contribution in [0.1, 0.15) is 38.5 Å². The number of rotatable bonds is 11. The number of hydrogen-bond acceptors (Lipinski definition) is 8. The molecule has 9 nitrogen and oxygen atoms in total. The summed E-state index contributed by atoms with van der Waals surface area (Å²) >= 11 is 0.